The van der Waals surface area contributed by atoms with Crippen molar-refractivity contribution in [1.29, 1.82) is 0 Å². The third-order valence-electron chi connectivity index (χ3n) is 5.88. The van der Waals surface area contributed by atoms with Crippen molar-refractivity contribution in [3.63, 3.8) is 0 Å². The Hall–Kier alpha value is -9.61. The number of allylic oxidation sites excluding steroid dienone is 10. The van der Waals surface area contributed by atoms with Gasteiger partial charge in [0.25, 0.3) is 5.67 Å². The molecule has 0 radical (unpaired) electrons. The Morgan fingerprint density at radius 3 is 0.632 bits per heavy atom. The van der Waals surface area contributed by atoms with E-state index in [-0.39, 0.29) is 31.3 Å². The lowest BCUT2D eigenvalue weighted by Crippen LogP contribution is -2.56. The molecule has 0 spiro atoms. The van der Waals surface area contributed by atoms with Gasteiger partial charge in [-0.15, -0.1) is 158 Å². The molecule has 0 heterocycles. The first-order valence-corrected chi connectivity index (χ1v) is 31.6. The molecular formula is C83H135ClF22O8. The van der Waals surface area contributed by atoms with E-state index in [1.165, 1.54) is 18.0 Å². The largest absolute Gasteiger partial charge is 0.463 e. The second kappa shape index (κ2) is 142. The Balaban J connectivity index is -0.0000000361. The second-order valence-corrected chi connectivity index (χ2v) is 16.9. The third-order valence-corrected chi connectivity index (χ3v) is 5.88. The summed E-state index contributed by atoms with van der Waals surface area (Å²) in [5.74, 6) is -4.25. The smallest absolute Gasteiger partial charge is 0.435 e. The van der Waals surface area contributed by atoms with Gasteiger partial charge in [0.1, 0.15) is 6.61 Å². The average molecular weight is 1710 g/mol. The van der Waals surface area contributed by atoms with Crippen molar-refractivity contribution in [2.24, 2.45) is 0 Å². The minimum Gasteiger partial charge on any atom is -0.463 e. The Morgan fingerprint density at radius 2 is 0.465 bits per heavy atom. The van der Waals surface area contributed by atoms with Crippen LogP contribution in [0.25, 0.3) is 0 Å². The summed E-state index contributed by atoms with van der Waals surface area (Å²) in [6.45, 7) is 114. The predicted molar refractivity (Wildman–Crippen MR) is 446 cm³/mol. The molecule has 8 nitrogen and oxygen atoms in total. The standard InChI is InChI=1S/C13H17F7O2.C8H7F7O2.C6H7F3O2.C5H5F3O2.C4H8.9C3H6.C2H3Cl.2C2H3F.7C2H4/c1-2-10(21)22-9-7-5-3-4-6-8-11(14,12(15,16)17)13(18,19)20;1-4(2)5(16)17-3-6(9,7(10,11)12)8(13,14)15;1-4(2)5(10)11-3-6(7,8)9;1-2-4(9)10-3-5(6,7)8;1-4(2)3;9*1-3-2;3*1-2-3;7*1-2/h2H,1,3-9H2;1,3H2,2H3;1,3H2,2H3;2H,1,3H2;1H2,2-3H3;9*3H,1H2,2H3;3*2H,1H2;7*1-2H2. The summed E-state index contributed by atoms with van der Waals surface area (Å²) in [4.78, 5) is 41.7. The van der Waals surface area contributed by atoms with Gasteiger partial charge in [0, 0.05) is 23.3 Å². The normalized spacial score (nSPS) is 8.35. The van der Waals surface area contributed by atoms with Crippen LogP contribution in [0.2, 0.25) is 0 Å². The molecular weight excluding hydrogens is 1580 g/mol. The second-order valence-electron chi connectivity index (χ2n) is 16.6. The van der Waals surface area contributed by atoms with E-state index >= 15 is 0 Å². The molecule has 0 aromatic heterocycles. The van der Waals surface area contributed by atoms with Gasteiger partial charge in [-0.3, -0.25) is 0 Å². The molecule has 0 rings (SSSR count). The van der Waals surface area contributed by atoms with Gasteiger partial charge < -0.3 is 18.9 Å². The van der Waals surface area contributed by atoms with Crippen LogP contribution in [0.3, 0.4) is 0 Å². The monoisotopic (exact) mass is 1710 g/mol. The van der Waals surface area contributed by atoms with Gasteiger partial charge in [0.05, 0.1) is 19.3 Å². The molecule has 0 atom stereocenters. The molecule has 31 heteroatoms. The van der Waals surface area contributed by atoms with Gasteiger partial charge in [-0.2, -0.15) is 79.0 Å². The molecule has 0 saturated carbocycles. The van der Waals surface area contributed by atoms with E-state index in [1.807, 2.05) is 76.2 Å². The molecule has 0 aliphatic carbocycles. The molecule has 114 heavy (non-hydrogen) atoms. The molecule has 0 aliphatic rings. The minimum absolute atomic E-state index is 0.0211. The quantitative estimate of drug-likeness (QED) is 0.0376. The first-order valence-electron chi connectivity index (χ1n) is 31.2. The van der Waals surface area contributed by atoms with Crippen LogP contribution in [0.15, 0.2) is 306 Å². The highest BCUT2D eigenvalue weighted by atomic mass is 35.5. The number of ether oxygens (including phenoxy) is 4. The highest BCUT2D eigenvalue weighted by Gasteiger charge is 2.74. The fraction of sp³-hybridized carbons (Fsp3) is 0.373. The fourth-order valence-corrected chi connectivity index (χ4v) is 2.77. The summed E-state index contributed by atoms with van der Waals surface area (Å²) in [5.41, 5.74) is -8.86. The van der Waals surface area contributed by atoms with E-state index < -0.39 is 111 Å². The number of carbonyl (C=O) groups excluding carboxylic acids is 4. The van der Waals surface area contributed by atoms with E-state index in [0.29, 0.717) is 25.3 Å². The predicted octanol–water partition coefficient (Wildman–Crippen LogP) is 32.3. The number of alkyl halides is 20. The van der Waals surface area contributed by atoms with Gasteiger partial charge in [-0.05, 0) is 115 Å². The number of unbranched alkanes of at least 4 members (excludes halogenated alkanes) is 4. The summed E-state index contributed by atoms with van der Waals surface area (Å²) in [6, 6.07) is 0. The lowest BCUT2D eigenvalue weighted by atomic mass is 9.96. The van der Waals surface area contributed by atoms with Crippen molar-refractivity contribution < 1.29 is 135 Å². The first kappa shape index (κ1) is 173. The zero-order valence-corrected chi connectivity index (χ0v) is 70.3. The summed E-state index contributed by atoms with van der Waals surface area (Å²) < 4.78 is 275. The Morgan fingerprint density at radius 1 is 0.307 bits per heavy atom. The molecule has 0 fully saturated rings. The average Bonchev–Trinajstić information content (AvgIpc) is 0.784. The van der Waals surface area contributed by atoms with Crippen LogP contribution < -0.4 is 0 Å². The van der Waals surface area contributed by atoms with Gasteiger partial charge >= 0.3 is 66.6 Å². The molecule has 676 valence electrons. The molecule has 0 aromatic carbocycles. The van der Waals surface area contributed by atoms with Crippen LogP contribution in [-0.4, -0.2) is 98.7 Å². The number of hydrogen-bond acceptors (Lipinski definition) is 8. The molecule has 0 saturated heterocycles. The number of esters is 4. The van der Waals surface area contributed by atoms with Crippen LogP contribution >= 0.6 is 11.6 Å². The Labute approximate surface area is 676 Å². The van der Waals surface area contributed by atoms with Crippen LogP contribution in [-0.2, 0) is 38.1 Å². The van der Waals surface area contributed by atoms with Crippen LogP contribution in [0.4, 0.5) is 96.6 Å². The highest BCUT2D eigenvalue weighted by Crippen LogP contribution is 2.49. The van der Waals surface area contributed by atoms with E-state index in [2.05, 4.69) is 223 Å². The SMILES string of the molecule is C=C.C=C.C=C.C=C.C=C.C=C.C=C.C=C(C)C.C=C(C)C(=O)OCC(F)(C(F)(F)F)C(F)(F)F.C=C(C)C(=O)OCC(F)(F)F.C=CC.C=CC.C=CC.C=CC.C=CC.C=CC.C=CC.C=CC.C=CC.C=CC(=O)OCC(F)(F)F.C=CC(=O)OCCCCCCCC(F)(C(F)(F)F)C(F)(F)F.C=CCl.C=CF.C=CF. The summed E-state index contributed by atoms with van der Waals surface area (Å²) >= 11 is 4.76. The fourth-order valence-electron chi connectivity index (χ4n) is 2.77. The Bertz CT molecular complexity index is 2050. The van der Waals surface area contributed by atoms with Gasteiger partial charge in [-0.25, -0.2) is 36.7 Å². The lowest BCUT2D eigenvalue weighted by molar-refractivity contribution is -0.349. The topological polar surface area (TPSA) is 105 Å². The lowest BCUT2D eigenvalue weighted by Gasteiger charge is -2.29. The maximum absolute atomic E-state index is 13.2. The molecule has 0 amide bonds. The summed E-state index contributed by atoms with van der Waals surface area (Å²) in [5, 5.41) is 0. The van der Waals surface area contributed by atoms with E-state index in [4.69, 9.17) is 11.6 Å². The zero-order valence-electron chi connectivity index (χ0n) is 69.5. The van der Waals surface area contributed by atoms with Crippen molar-refractivity contribution in [2.75, 3.05) is 26.4 Å². The molecule has 0 aliphatic heterocycles. The van der Waals surface area contributed by atoms with Gasteiger partial charge in [-0.1, -0.05) is 137 Å². The number of halogens is 23. The number of carbonyl (C=O) groups is 4. The van der Waals surface area contributed by atoms with Gasteiger partial charge in [0.2, 0.25) is 0 Å². The summed E-state index contributed by atoms with van der Waals surface area (Å²) in [6.07, 6.45) is -16.5. The Kier molecular flexibility index (Phi) is 215. The minimum atomic E-state index is -6.24. The number of hydrogen-bond donors (Lipinski definition) is 0. The number of rotatable bonds is 16. The van der Waals surface area contributed by atoms with Crippen LogP contribution in [0, 0.1) is 0 Å². The molecule has 0 bridgehead atoms. The van der Waals surface area contributed by atoms with E-state index in [9.17, 15) is 116 Å². The molecule has 0 aromatic rings. The van der Waals surface area contributed by atoms with Crippen LogP contribution in [0.5, 0.6) is 0 Å². The third kappa shape index (κ3) is 225. The van der Waals surface area contributed by atoms with E-state index in [0.717, 1.165) is 13.0 Å². The van der Waals surface area contributed by atoms with Crippen molar-refractivity contribution in [1.82, 2.24) is 0 Å². The molecule has 0 unspecified atom stereocenters. The highest BCUT2D eigenvalue weighted by molar-refractivity contribution is 6.25. The molecule has 0 N–H and O–H groups in total. The maximum Gasteiger partial charge on any atom is 0.435 e. The van der Waals surface area contributed by atoms with Crippen molar-refractivity contribution in [3.8, 4) is 0 Å². The van der Waals surface area contributed by atoms with Crippen molar-refractivity contribution in [3.05, 3.63) is 306 Å². The van der Waals surface area contributed by atoms with Crippen molar-refractivity contribution in [2.45, 2.75) is 177 Å². The van der Waals surface area contributed by atoms with E-state index in [1.54, 1.807) is 54.7 Å². The first-order chi connectivity index (χ1) is 52.3. The van der Waals surface area contributed by atoms with Crippen LogP contribution in [0.1, 0.15) is 129 Å². The van der Waals surface area contributed by atoms with Gasteiger partial charge in [0.15, 0.2) is 13.2 Å². The zero-order chi connectivity index (χ0) is 98.8. The maximum atomic E-state index is 13.2. The van der Waals surface area contributed by atoms with Crippen molar-refractivity contribution >= 4 is 35.5 Å². The summed E-state index contributed by atoms with van der Waals surface area (Å²) in [7, 11) is 0.